The van der Waals surface area contributed by atoms with Gasteiger partial charge in [0.1, 0.15) is 12.1 Å². The lowest BCUT2D eigenvalue weighted by Crippen LogP contribution is -2.54. The second kappa shape index (κ2) is 10.8. The molecule has 3 unspecified atom stereocenters. The van der Waals surface area contributed by atoms with E-state index < -0.39 is 29.9 Å². The summed E-state index contributed by atoms with van der Waals surface area (Å²) >= 11 is 5.81. The molecule has 144 valence electrons. The number of carbonyl (C=O) groups is 3. The van der Waals surface area contributed by atoms with Crippen LogP contribution in [0.2, 0.25) is 5.02 Å². The number of rotatable bonds is 10. The fraction of sp³-hybridized carbons (Fsp3) is 0.500. The van der Waals surface area contributed by atoms with Crippen LogP contribution in [0.15, 0.2) is 24.3 Å². The van der Waals surface area contributed by atoms with E-state index in [9.17, 15) is 19.5 Å². The molecule has 2 amide bonds. The summed E-state index contributed by atoms with van der Waals surface area (Å²) in [6.07, 6.45) is 0.769. The number of halogens is 1. The van der Waals surface area contributed by atoms with E-state index in [1.54, 1.807) is 24.3 Å². The number of hydrogen-bond donors (Lipinski definition) is 3. The first-order valence-electron chi connectivity index (χ1n) is 8.38. The summed E-state index contributed by atoms with van der Waals surface area (Å²) in [7, 11) is 1.45. The van der Waals surface area contributed by atoms with Gasteiger partial charge in [0.05, 0.1) is 0 Å². The molecule has 0 bridgehead atoms. The van der Waals surface area contributed by atoms with Gasteiger partial charge in [-0.3, -0.25) is 9.59 Å². The Morgan fingerprint density at radius 3 is 2.31 bits per heavy atom. The zero-order valence-corrected chi connectivity index (χ0v) is 15.9. The van der Waals surface area contributed by atoms with Crippen LogP contribution >= 0.6 is 11.6 Å². The van der Waals surface area contributed by atoms with Gasteiger partial charge in [0.15, 0.2) is 0 Å². The van der Waals surface area contributed by atoms with E-state index in [0.29, 0.717) is 17.0 Å². The maximum absolute atomic E-state index is 12.6. The zero-order valence-electron chi connectivity index (χ0n) is 15.1. The van der Waals surface area contributed by atoms with Crippen LogP contribution in [0.1, 0.15) is 37.0 Å². The highest BCUT2D eigenvalue weighted by Gasteiger charge is 2.29. The molecular formula is C18H25ClN2O5. The number of hydrogen-bond acceptors (Lipinski definition) is 4. The van der Waals surface area contributed by atoms with Crippen LogP contribution in [0, 0.1) is 5.92 Å². The lowest BCUT2D eigenvalue weighted by Gasteiger charge is -2.25. The molecule has 0 fully saturated rings. The molecule has 0 saturated carbocycles. The Hall–Kier alpha value is -2.12. The van der Waals surface area contributed by atoms with Crippen molar-refractivity contribution in [1.82, 2.24) is 10.6 Å². The van der Waals surface area contributed by atoms with Gasteiger partial charge in [-0.25, -0.2) is 4.79 Å². The van der Waals surface area contributed by atoms with Gasteiger partial charge in [0.2, 0.25) is 5.91 Å². The number of amides is 2. The summed E-state index contributed by atoms with van der Waals surface area (Å²) in [4.78, 5) is 36.3. The fourth-order valence-corrected chi connectivity index (χ4v) is 2.41. The molecule has 0 aliphatic heterocycles. The third-order valence-corrected chi connectivity index (χ3v) is 4.37. The number of aliphatic carboxylic acids is 1. The minimum Gasteiger partial charge on any atom is -0.480 e. The predicted octanol–water partition coefficient (Wildman–Crippen LogP) is 2.09. The average molecular weight is 385 g/mol. The highest BCUT2D eigenvalue weighted by atomic mass is 35.5. The standard InChI is InChI=1S/C18H25ClN2O5/c1-4-11(2)15(17(23)20-14(18(24)25)9-10-26-3)21-16(22)12-5-7-13(19)8-6-12/h5-8,11,14-15H,4,9-10H2,1-3H3,(H,20,23)(H,21,22)(H,24,25). The van der Waals surface area contributed by atoms with E-state index in [0.717, 1.165) is 0 Å². The van der Waals surface area contributed by atoms with Crippen molar-refractivity contribution in [3.63, 3.8) is 0 Å². The van der Waals surface area contributed by atoms with Crippen molar-refractivity contribution < 1.29 is 24.2 Å². The van der Waals surface area contributed by atoms with E-state index in [1.807, 2.05) is 13.8 Å². The molecule has 3 N–H and O–H groups in total. The van der Waals surface area contributed by atoms with Crippen LogP contribution in [0.25, 0.3) is 0 Å². The average Bonchev–Trinajstić information content (AvgIpc) is 2.62. The van der Waals surface area contributed by atoms with Crippen LogP contribution in [-0.4, -0.2) is 48.7 Å². The molecule has 1 rings (SSSR count). The molecule has 26 heavy (non-hydrogen) atoms. The molecule has 0 aromatic heterocycles. The summed E-state index contributed by atoms with van der Waals surface area (Å²) < 4.78 is 4.87. The van der Waals surface area contributed by atoms with E-state index >= 15 is 0 Å². The number of methoxy groups -OCH3 is 1. The third-order valence-electron chi connectivity index (χ3n) is 4.11. The Labute approximate surface area is 158 Å². The molecule has 0 radical (unpaired) electrons. The molecule has 0 aliphatic rings. The topological polar surface area (TPSA) is 105 Å². The van der Waals surface area contributed by atoms with Gasteiger partial charge in [-0.2, -0.15) is 0 Å². The maximum Gasteiger partial charge on any atom is 0.326 e. The number of carboxylic acids is 1. The molecule has 7 nitrogen and oxygen atoms in total. The maximum atomic E-state index is 12.6. The Morgan fingerprint density at radius 1 is 1.19 bits per heavy atom. The Kier molecular flexibility index (Phi) is 9.09. The quantitative estimate of drug-likeness (QED) is 0.573. The first-order chi connectivity index (χ1) is 12.3. The Balaban J connectivity index is 2.87. The molecular weight excluding hydrogens is 360 g/mol. The molecule has 0 spiro atoms. The highest BCUT2D eigenvalue weighted by molar-refractivity contribution is 6.30. The molecule has 1 aromatic carbocycles. The second-order valence-electron chi connectivity index (χ2n) is 6.02. The number of nitrogens with one attached hydrogen (secondary N) is 2. The fourth-order valence-electron chi connectivity index (χ4n) is 2.28. The van der Waals surface area contributed by atoms with Crippen LogP contribution in [0.3, 0.4) is 0 Å². The summed E-state index contributed by atoms with van der Waals surface area (Å²) in [6.45, 7) is 3.90. The molecule has 1 aromatic rings. The normalized spacial score (nSPS) is 14.2. The number of benzene rings is 1. The number of ether oxygens (including phenoxy) is 1. The van der Waals surface area contributed by atoms with Crippen molar-refractivity contribution in [3.8, 4) is 0 Å². The van der Waals surface area contributed by atoms with Gasteiger partial charge in [-0.15, -0.1) is 0 Å². The molecule has 3 atom stereocenters. The predicted molar refractivity (Wildman–Crippen MR) is 98.2 cm³/mol. The first kappa shape index (κ1) is 21.9. The van der Waals surface area contributed by atoms with Crippen molar-refractivity contribution in [3.05, 3.63) is 34.9 Å². The van der Waals surface area contributed by atoms with Gasteiger partial charge < -0.3 is 20.5 Å². The molecule has 0 saturated heterocycles. The highest BCUT2D eigenvalue weighted by Crippen LogP contribution is 2.12. The molecule has 8 heteroatoms. The zero-order chi connectivity index (χ0) is 19.7. The second-order valence-corrected chi connectivity index (χ2v) is 6.46. The van der Waals surface area contributed by atoms with Gasteiger partial charge in [0, 0.05) is 30.7 Å². The first-order valence-corrected chi connectivity index (χ1v) is 8.76. The van der Waals surface area contributed by atoms with E-state index in [-0.39, 0.29) is 18.9 Å². The largest absolute Gasteiger partial charge is 0.480 e. The lowest BCUT2D eigenvalue weighted by atomic mass is 9.97. The SMILES string of the molecule is CCC(C)C(NC(=O)c1ccc(Cl)cc1)C(=O)NC(CCOC)C(=O)O. The monoisotopic (exact) mass is 384 g/mol. The summed E-state index contributed by atoms with van der Waals surface area (Å²) in [5.74, 6) is -2.29. The Morgan fingerprint density at radius 2 is 1.81 bits per heavy atom. The van der Waals surface area contributed by atoms with Crippen molar-refractivity contribution in [2.75, 3.05) is 13.7 Å². The smallest absolute Gasteiger partial charge is 0.326 e. The molecule has 0 heterocycles. The molecule has 0 aliphatic carbocycles. The summed E-state index contributed by atoms with van der Waals surface area (Å²) in [6, 6.07) is 4.35. The number of carboxylic acid groups (broad SMARTS) is 1. The summed E-state index contributed by atoms with van der Waals surface area (Å²) in [5.41, 5.74) is 0.365. The third kappa shape index (κ3) is 6.65. The minimum atomic E-state index is -1.15. The van der Waals surface area contributed by atoms with Gasteiger partial charge in [-0.05, 0) is 30.2 Å². The Bertz CT molecular complexity index is 621. The number of carbonyl (C=O) groups excluding carboxylic acids is 2. The van der Waals surface area contributed by atoms with Crippen molar-refractivity contribution >= 4 is 29.4 Å². The van der Waals surface area contributed by atoms with E-state index in [1.165, 1.54) is 7.11 Å². The van der Waals surface area contributed by atoms with Gasteiger partial charge in [-0.1, -0.05) is 31.9 Å². The van der Waals surface area contributed by atoms with E-state index in [2.05, 4.69) is 10.6 Å². The van der Waals surface area contributed by atoms with Gasteiger partial charge >= 0.3 is 5.97 Å². The van der Waals surface area contributed by atoms with Crippen LogP contribution in [0.4, 0.5) is 0 Å². The van der Waals surface area contributed by atoms with Crippen LogP contribution in [-0.2, 0) is 14.3 Å². The lowest BCUT2D eigenvalue weighted by molar-refractivity contribution is -0.142. The summed E-state index contributed by atoms with van der Waals surface area (Å²) in [5, 5.41) is 14.9. The van der Waals surface area contributed by atoms with Crippen molar-refractivity contribution in [2.24, 2.45) is 5.92 Å². The minimum absolute atomic E-state index is 0.135. The van der Waals surface area contributed by atoms with Crippen LogP contribution in [0.5, 0.6) is 0 Å². The van der Waals surface area contributed by atoms with Crippen LogP contribution < -0.4 is 10.6 Å². The van der Waals surface area contributed by atoms with Crippen molar-refractivity contribution in [2.45, 2.75) is 38.8 Å². The van der Waals surface area contributed by atoms with Crippen molar-refractivity contribution in [1.29, 1.82) is 0 Å². The van der Waals surface area contributed by atoms with Gasteiger partial charge in [0.25, 0.3) is 5.91 Å². The van der Waals surface area contributed by atoms with E-state index in [4.69, 9.17) is 16.3 Å².